The number of aromatic nitrogens is 1. The van der Waals surface area contributed by atoms with Crippen LogP contribution in [0.15, 0.2) is 23.4 Å². The summed E-state index contributed by atoms with van der Waals surface area (Å²) >= 11 is 0. The summed E-state index contributed by atoms with van der Waals surface area (Å²) in [4.78, 5) is 17.0. The summed E-state index contributed by atoms with van der Waals surface area (Å²) in [5.41, 5.74) is 5.81. The Hall–Kier alpha value is -1.67. The van der Waals surface area contributed by atoms with Crippen molar-refractivity contribution >= 4 is 21.6 Å². The number of amides is 1. The molecule has 1 aromatic heterocycles. The van der Waals surface area contributed by atoms with Crippen LogP contribution in [-0.4, -0.2) is 55.2 Å². The fraction of sp³-hybridized carbons (Fsp3) is 0.455. The van der Waals surface area contributed by atoms with Crippen molar-refractivity contribution in [2.24, 2.45) is 0 Å². The molecule has 0 bridgehead atoms. The van der Waals surface area contributed by atoms with E-state index in [0.29, 0.717) is 19.5 Å². The fourth-order valence-electron chi connectivity index (χ4n) is 1.91. The van der Waals surface area contributed by atoms with E-state index in [0.717, 1.165) is 4.31 Å². The number of pyridine rings is 1. The molecule has 2 N–H and O–H groups in total. The van der Waals surface area contributed by atoms with Crippen molar-refractivity contribution in [3.63, 3.8) is 0 Å². The third-order valence-electron chi connectivity index (χ3n) is 3.07. The summed E-state index contributed by atoms with van der Waals surface area (Å²) in [7, 11) is -2.11. The standard InChI is InChI=1S/C11H16N4O3S/c1-14-5-2-6-15(8-11(14)16)19(17,18)10-7-13-4-3-9(10)12/h3-4,7H,2,5-6,8H2,1H3,(H2,12,13). The summed E-state index contributed by atoms with van der Waals surface area (Å²) in [6, 6.07) is 1.43. The van der Waals surface area contributed by atoms with E-state index in [4.69, 9.17) is 5.73 Å². The summed E-state index contributed by atoms with van der Waals surface area (Å²) in [5, 5.41) is 0. The van der Waals surface area contributed by atoms with Gasteiger partial charge in [0.25, 0.3) is 0 Å². The lowest BCUT2D eigenvalue weighted by molar-refractivity contribution is -0.129. The number of hydrogen-bond acceptors (Lipinski definition) is 5. The van der Waals surface area contributed by atoms with Gasteiger partial charge in [0, 0.05) is 32.5 Å². The highest BCUT2D eigenvalue weighted by atomic mass is 32.2. The van der Waals surface area contributed by atoms with E-state index >= 15 is 0 Å². The normalized spacial score (nSPS) is 18.4. The molecule has 7 nitrogen and oxygen atoms in total. The Morgan fingerprint density at radius 2 is 2.11 bits per heavy atom. The van der Waals surface area contributed by atoms with Gasteiger partial charge >= 0.3 is 0 Å². The first kappa shape index (κ1) is 13.8. The first-order chi connectivity index (χ1) is 8.93. The number of likely N-dealkylation sites (N-methyl/N-ethyl adjacent to an activating group) is 1. The number of sulfonamides is 1. The SMILES string of the molecule is CN1CCCN(S(=O)(=O)c2cnccc2N)CC1=O. The molecular formula is C11H16N4O3S. The molecule has 0 unspecified atom stereocenters. The molecule has 1 aliphatic rings. The maximum atomic E-state index is 12.4. The van der Waals surface area contributed by atoms with Gasteiger partial charge in [-0.3, -0.25) is 9.78 Å². The Labute approximate surface area is 112 Å². The molecule has 104 valence electrons. The van der Waals surface area contributed by atoms with Gasteiger partial charge in [0.05, 0.1) is 12.2 Å². The van der Waals surface area contributed by atoms with Crippen LogP contribution in [0.1, 0.15) is 6.42 Å². The summed E-state index contributed by atoms with van der Waals surface area (Å²) in [6.45, 7) is 0.688. The topological polar surface area (TPSA) is 96.6 Å². The van der Waals surface area contributed by atoms with Crippen molar-refractivity contribution in [2.45, 2.75) is 11.3 Å². The second kappa shape index (κ2) is 5.14. The van der Waals surface area contributed by atoms with Gasteiger partial charge in [0.15, 0.2) is 0 Å². The van der Waals surface area contributed by atoms with Crippen LogP contribution in [0.5, 0.6) is 0 Å². The number of carbonyl (C=O) groups is 1. The number of rotatable bonds is 2. The number of nitrogens with two attached hydrogens (primary N) is 1. The maximum Gasteiger partial charge on any atom is 0.247 e. The van der Waals surface area contributed by atoms with Crippen molar-refractivity contribution in [3.8, 4) is 0 Å². The Bertz CT molecular complexity index is 587. The van der Waals surface area contributed by atoms with Crippen molar-refractivity contribution in [3.05, 3.63) is 18.5 Å². The van der Waals surface area contributed by atoms with Crippen LogP contribution in [0.25, 0.3) is 0 Å². The minimum absolute atomic E-state index is 0.0487. The quantitative estimate of drug-likeness (QED) is 0.791. The van der Waals surface area contributed by atoms with E-state index in [-0.39, 0.29) is 23.0 Å². The minimum Gasteiger partial charge on any atom is -0.398 e. The van der Waals surface area contributed by atoms with Crippen molar-refractivity contribution in [1.29, 1.82) is 0 Å². The molecule has 1 saturated heterocycles. The summed E-state index contributed by atoms with van der Waals surface area (Å²) in [5.74, 6) is -0.219. The van der Waals surface area contributed by atoms with Gasteiger partial charge < -0.3 is 10.6 Å². The van der Waals surface area contributed by atoms with Gasteiger partial charge in [-0.05, 0) is 12.5 Å². The summed E-state index contributed by atoms with van der Waals surface area (Å²) in [6.07, 6.45) is 3.24. The van der Waals surface area contributed by atoms with Crippen LogP contribution < -0.4 is 5.73 Å². The first-order valence-corrected chi connectivity index (χ1v) is 7.30. The Morgan fingerprint density at radius 1 is 1.37 bits per heavy atom. The lowest BCUT2D eigenvalue weighted by atomic mass is 10.4. The van der Waals surface area contributed by atoms with E-state index < -0.39 is 10.0 Å². The maximum absolute atomic E-state index is 12.4. The van der Waals surface area contributed by atoms with Crippen molar-refractivity contribution in [1.82, 2.24) is 14.2 Å². The fourth-order valence-corrected chi connectivity index (χ4v) is 3.40. The smallest absolute Gasteiger partial charge is 0.247 e. The molecule has 0 radical (unpaired) electrons. The Kier molecular flexibility index (Phi) is 3.72. The highest BCUT2D eigenvalue weighted by Gasteiger charge is 2.31. The Balaban J connectivity index is 2.35. The van der Waals surface area contributed by atoms with E-state index in [1.165, 1.54) is 23.4 Å². The molecule has 19 heavy (non-hydrogen) atoms. The zero-order chi connectivity index (χ0) is 14.0. The van der Waals surface area contributed by atoms with E-state index in [9.17, 15) is 13.2 Å². The van der Waals surface area contributed by atoms with Crippen LogP contribution in [0.2, 0.25) is 0 Å². The average molecular weight is 284 g/mol. The highest BCUT2D eigenvalue weighted by Crippen LogP contribution is 2.22. The molecule has 0 aromatic carbocycles. The van der Waals surface area contributed by atoms with Crippen LogP contribution >= 0.6 is 0 Å². The molecule has 0 aliphatic carbocycles. The molecule has 1 aliphatic heterocycles. The van der Waals surface area contributed by atoms with Crippen LogP contribution in [0, 0.1) is 0 Å². The van der Waals surface area contributed by atoms with Gasteiger partial charge in [-0.25, -0.2) is 8.42 Å². The van der Waals surface area contributed by atoms with Gasteiger partial charge in [0.2, 0.25) is 15.9 Å². The first-order valence-electron chi connectivity index (χ1n) is 5.86. The van der Waals surface area contributed by atoms with E-state index in [1.807, 2.05) is 0 Å². The predicted molar refractivity (Wildman–Crippen MR) is 69.7 cm³/mol. The molecule has 1 aromatic rings. The zero-order valence-corrected chi connectivity index (χ0v) is 11.4. The molecule has 0 saturated carbocycles. The van der Waals surface area contributed by atoms with E-state index in [1.54, 1.807) is 7.05 Å². The lowest BCUT2D eigenvalue weighted by Crippen LogP contribution is -2.38. The molecular weight excluding hydrogens is 268 g/mol. The van der Waals surface area contributed by atoms with Gasteiger partial charge in [-0.15, -0.1) is 0 Å². The average Bonchev–Trinajstić information content (AvgIpc) is 2.53. The Morgan fingerprint density at radius 3 is 2.79 bits per heavy atom. The predicted octanol–water partition coefficient (Wildman–Crippen LogP) is -0.483. The highest BCUT2D eigenvalue weighted by molar-refractivity contribution is 7.89. The van der Waals surface area contributed by atoms with Gasteiger partial charge in [-0.1, -0.05) is 0 Å². The molecule has 0 spiro atoms. The molecule has 1 amide bonds. The molecule has 0 atom stereocenters. The lowest BCUT2D eigenvalue weighted by Gasteiger charge is -2.20. The number of hydrogen-bond donors (Lipinski definition) is 1. The van der Waals surface area contributed by atoms with Crippen molar-refractivity contribution < 1.29 is 13.2 Å². The number of anilines is 1. The third kappa shape index (κ3) is 2.69. The summed E-state index contributed by atoms with van der Waals surface area (Å²) < 4.78 is 26.1. The molecule has 8 heteroatoms. The number of nitrogen functional groups attached to an aromatic ring is 1. The minimum atomic E-state index is -3.77. The second-order valence-electron chi connectivity index (χ2n) is 4.42. The number of nitrogens with zero attached hydrogens (tertiary/aromatic N) is 3. The third-order valence-corrected chi connectivity index (χ3v) is 4.96. The van der Waals surface area contributed by atoms with Crippen molar-refractivity contribution in [2.75, 3.05) is 32.4 Å². The molecule has 2 rings (SSSR count). The van der Waals surface area contributed by atoms with E-state index in [2.05, 4.69) is 4.98 Å². The largest absolute Gasteiger partial charge is 0.398 e. The number of carbonyl (C=O) groups excluding carboxylic acids is 1. The van der Waals surface area contributed by atoms with Gasteiger partial charge in [-0.2, -0.15) is 4.31 Å². The van der Waals surface area contributed by atoms with Gasteiger partial charge in [0.1, 0.15) is 4.90 Å². The molecule has 2 heterocycles. The van der Waals surface area contributed by atoms with Crippen LogP contribution in [0.3, 0.4) is 0 Å². The van der Waals surface area contributed by atoms with Crippen LogP contribution in [-0.2, 0) is 14.8 Å². The monoisotopic (exact) mass is 284 g/mol. The molecule has 1 fully saturated rings. The zero-order valence-electron chi connectivity index (χ0n) is 10.6. The second-order valence-corrected chi connectivity index (χ2v) is 6.33. The van der Waals surface area contributed by atoms with Crippen LogP contribution in [0.4, 0.5) is 5.69 Å².